The fraction of sp³-hybridized carbons (Fsp3) is 0.138. The highest BCUT2D eigenvalue weighted by Crippen LogP contribution is 2.46. The van der Waals surface area contributed by atoms with Crippen LogP contribution < -0.4 is 0 Å². The molecule has 0 radical (unpaired) electrons. The van der Waals surface area contributed by atoms with Gasteiger partial charge in [-0.1, -0.05) is 74.0 Å². The van der Waals surface area contributed by atoms with E-state index in [1.807, 2.05) is 37.4 Å². The van der Waals surface area contributed by atoms with E-state index in [0.29, 0.717) is 0 Å². The van der Waals surface area contributed by atoms with Crippen LogP contribution in [-0.2, 0) is 0 Å². The first kappa shape index (κ1) is 17.5. The summed E-state index contributed by atoms with van der Waals surface area (Å²) in [5, 5.41) is 7.69. The van der Waals surface area contributed by atoms with E-state index in [1.165, 1.54) is 47.3 Å². The molecule has 0 aliphatic carbocycles. The Balaban J connectivity index is 1.78. The van der Waals surface area contributed by atoms with Gasteiger partial charge in [-0.05, 0) is 58.1 Å². The van der Waals surface area contributed by atoms with Crippen molar-refractivity contribution >= 4 is 53.1 Å². The van der Waals surface area contributed by atoms with Gasteiger partial charge in [0.05, 0.1) is 5.69 Å². The van der Waals surface area contributed by atoms with Crippen molar-refractivity contribution in [1.82, 2.24) is 4.98 Å². The van der Waals surface area contributed by atoms with Gasteiger partial charge in [0.2, 0.25) is 0 Å². The van der Waals surface area contributed by atoms with Crippen LogP contribution in [0.1, 0.15) is 32.2 Å². The Labute approximate surface area is 187 Å². The number of benzene rings is 4. The van der Waals surface area contributed by atoms with Crippen molar-refractivity contribution in [3.8, 4) is 11.3 Å². The Hall–Kier alpha value is -3.23. The molecule has 0 saturated carbocycles. The summed E-state index contributed by atoms with van der Waals surface area (Å²) in [7, 11) is 0. The van der Waals surface area contributed by atoms with Crippen molar-refractivity contribution in [2.45, 2.75) is 26.7 Å². The van der Waals surface area contributed by atoms with Gasteiger partial charge in [0.1, 0.15) is 0 Å². The predicted octanol–water partition coefficient (Wildman–Crippen LogP) is 8.85. The molecule has 0 unspecified atom stereocenters. The predicted molar refractivity (Wildman–Crippen MR) is 136 cm³/mol. The van der Waals surface area contributed by atoms with Gasteiger partial charge < -0.3 is 0 Å². The molecule has 0 amide bonds. The van der Waals surface area contributed by atoms with Gasteiger partial charge in [-0.2, -0.15) is 0 Å². The monoisotopic (exact) mass is 418 g/mol. The maximum Gasteiger partial charge on any atom is 0.0719 e. The summed E-state index contributed by atoms with van der Waals surface area (Å²) in [6, 6.07) is 26.2. The zero-order valence-corrected chi connectivity index (χ0v) is 18.7. The minimum atomic E-state index is -0.665. The van der Waals surface area contributed by atoms with Crippen molar-refractivity contribution in [3.63, 3.8) is 0 Å². The maximum atomic E-state index is 8.50. The minimum absolute atomic E-state index is 0.665. The lowest BCUT2D eigenvalue weighted by atomic mass is 9.96. The van der Waals surface area contributed by atoms with Crippen molar-refractivity contribution < 1.29 is 1.37 Å². The first-order valence-corrected chi connectivity index (χ1v) is 11.5. The fourth-order valence-corrected chi connectivity index (χ4v) is 5.99. The molecule has 2 heterocycles. The van der Waals surface area contributed by atoms with Crippen LogP contribution in [0, 0.1) is 6.92 Å². The first-order valence-electron chi connectivity index (χ1n) is 11.1. The molecule has 0 saturated heterocycles. The normalized spacial score (nSPS) is 12.8. The third-order valence-electron chi connectivity index (χ3n) is 6.21. The Morgan fingerprint density at radius 3 is 2.48 bits per heavy atom. The van der Waals surface area contributed by atoms with Gasteiger partial charge >= 0.3 is 0 Å². The van der Waals surface area contributed by atoms with E-state index in [4.69, 9.17) is 6.35 Å². The quantitative estimate of drug-likeness (QED) is 0.274. The summed E-state index contributed by atoms with van der Waals surface area (Å²) in [5.74, 6) is -0.665. The second kappa shape index (κ2) is 6.90. The fourth-order valence-electron chi connectivity index (χ4n) is 4.61. The Morgan fingerprint density at radius 2 is 1.61 bits per heavy atom. The third-order valence-corrected chi connectivity index (χ3v) is 7.49. The summed E-state index contributed by atoms with van der Waals surface area (Å²) in [6.07, 6.45) is 1.84. The molecule has 2 heteroatoms. The molecule has 1 nitrogen and oxygen atoms in total. The van der Waals surface area contributed by atoms with Crippen LogP contribution >= 0.6 is 11.3 Å². The molecule has 0 spiro atoms. The third kappa shape index (κ3) is 2.86. The highest BCUT2D eigenvalue weighted by Gasteiger charge is 2.17. The molecule has 0 fully saturated rings. The van der Waals surface area contributed by atoms with Gasteiger partial charge in [-0.15, -0.1) is 11.3 Å². The average molecular weight is 419 g/mol. The van der Waals surface area contributed by atoms with Crippen LogP contribution in [-0.4, -0.2) is 4.98 Å². The molecular weight excluding hydrogens is 394 g/mol. The minimum Gasteiger partial charge on any atom is -0.256 e. The van der Waals surface area contributed by atoms with Crippen LogP contribution in [0.4, 0.5) is 0 Å². The molecule has 4 aromatic carbocycles. The maximum absolute atomic E-state index is 8.50. The van der Waals surface area contributed by atoms with Crippen molar-refractivity contribution in [1.29, 1.82) is 0 Å². The molecule has 6 rings (SSSR count). The number of thiophene rings is 1. The summed E-state index contributed by atoms with van der Waals surface area (Å²) < 4.78 is 11.1. The van der Waals surface area contributed by atoms with Crippen molar-refractivity contribution in [2.24, 2.45) is 0 Å². The van der Waals surface area contributed by atoms with Crippen molar-refractivity contribution in [3.05, 3.63) is 90.1 Å². The van der Waals surface area contributed by atoms with Crippen LogP contribution in [0.3, 0.4) is 0 Å². The smallest absolute Gasteiger partial charge is 0.0719 e. The van der Waals surface area contributed by atoms with Gasteiger partial charge in [0, 0.05) is 33.3 Å². The van der Waals surface area contributed by atoms with E-state index >= 15 is 0 Å². The van der Waals surface area contributed by atoms with Gasteiger partial charge in [-0.25, -0.2) is 0 Å². The summed E-state index contributed by atoms with van der Waals surface area (Å²) in [5.41, 5.74) is 4.34. The van der Waals surface area contributed by atoms with Gasteiger partial charge in [0.15, 0.2) is 0 Å². The van der Waals surface area contributed by atoms with E-state index in [-0.39, 0.29) is 0 Å². The SMILES string of the molecule is [2H]C(C)(C)c1ccnc(-c2cc3ccccc3c3c2sc2c4ccc(C)cc4ccc23)c1. The number of hydrogen-bond donors (Lipinski definition) is 0. The molecule has 0 atom stereocenters. The molecular formula is C29H23NS. The molecule has 150 valence electrons. The number of aromatic nitrogens is 1. The number of nitrogens with zero attached hydrogens (tertiary/aromatic N) is 1. The van der Waals surface area contributed by atoms with E-state index in [1.54, 1.807) is 0 Å². The summed E-state index contributed by atoms with van der Waals surface area (Å²) in [4.78, 5) is 4.75. The Bertz CT molecular complexity index is 1670. The highest BCUT2D eigenvalue weighted by atomic mass is 32.1. The summed E-state index contributed by atoms with van der Waals surface area (Å²) in [6.45, 7) is 6.00. The van der Waals surface area contributed by atoms with Crippen LogP contribution in [0.15, 0.2) is 79.0 Å². The summed E-state index contributed by atoms with van der Waals surface area (Å²) >= 11 is 1.86. The molecule has 0 bridgehead atoms. The van der Waals surface area contributed by atoms with E-state index in [0.717, 1.165) is 16.8 Å². The second-order valence-corrected chi connectivity index (χ2v) is 9.57. The van der Waals surface area contributed by atoms with Crippen LogP contribution in [0.2, 0.25) is 0 Å². The average Bonchev–Trinajstić information content (AvgIpc) is 3.18. The lowest BCUT2D eigenvalue weighted by Gasteiger charge is -2.10. The lowest BCUT2D eigenvalue weighted by Crippen LogP contribution is -1.91. The molecule has 6 aromatic rings. The largest absolute Gasteiger partial charge is 0.256 e. The van der Waals surface area contributed by atoms with Gasteiger partial charge in [-0.3, -0.25) is 4.98 Å². The molecule has 0 aliphatic heterocycles. The first-order chi connectivity index (χ1) is 15.4. The number of aryl methyl sites for hydroxylation is 1. The van der Waals surface area contributed by atoms with E-state index in [9.17, 15) is 0 Å². The Morgan fingerprint density at radius 1 is 0.806 bits per heavy atom. The molecule has 0 aliphatic rings. The van der Waals surface area contributed by atoms with Gasteiger partial charge in [0.25, 0.3) is 0 Å². The van der Waals surface area contributed by atoms with Crippen LogP contribution in [0.5, 0.6) is 0 Å². The molecule has 31 heavy (non-hydrogen) atoms. The second-order valence-electron chi connectivity index (χ2n) is 8.55. The zero-order valence-electron chi connectivity index (χ0n) is 18.9. The molecule has 2 aromatic heterocycles. The highest BCUT2D eigenvalue weighted by molar-refractivity contribution is 7.27. The number of pyridine rings is 1. The number of hydrogen-bond acceptors (Lipinski definition) is 2. The van der Waals surface area contributed by atoms with E-state index < -0.39 is 5.89 Å². The van der Waals surface area contributed by atoms with E-state index in [2.05, 4.69) is 73.7 Å². The molecule has 0 N–H and O–H groups in total. The van der Waals surface area contributed by atoms with Crippen molar-refractivity contribution in [2.75, 3.05) is 0 Å². The lowest BCUT2D eigenvalue weighted by molar-refractivity contribution is 0.864. The topological polar surface area (TPSA) is 12.9 Å². The van der Waals surface area contributed by atoms with Crippen LogP contribution in [0.25, 0.3) is 53.0 Å². The number of rotatable bonds is 2. The standard InChI is InChI=1S/C29H23NS/c1-17(2)19-12-13-30-26(16-19)25-15-20-6-4-5-7-22(20)27-24-11-9-21-14-18(3)8-10-23(21)28(24)31-29(25)27/h4-17H,1-3H3/i17D. The number of fused-ring (bicyclic) bond motifs is 7. The Kier molecular flexibility index (Phi) is 3.88. The zero-order chi connectivity index (χ0) is 22.0.